The molecule has 0 aliphatic heterocycles. The van der Waals surface area contributed by atoms with E-state index < -0.39 is 0 Å². The van der Waals surface area contributed by atoms with Crippen molar-refractivity contribution in [3.05, 3.63) is 89.5 Å². The van der Waals surface area contributed by atoms with Crippen molar-refractivity contribution < 1.29 is 4.79 Å². The molecule has 0 spiro atoms. The first-order valence-corrected chi connectivity index (χ1v) is 7.59. The molecule has 0 aromatic heterocycles. The first-order valence-electron chi connectivity index (χ1n) is 6.80. The van der Waals surface area contributed by atoms with Crippen molar-refractivity contribution in [2.45, 2.75) is 13.3 Å². The maximum Gasteiger partial charge on any atom is 0.190 e. The van der Waals surface area contributed by atoms with Crippen LogP contribution in [0.4, 0.5) is 0 Å². The van der Waals surface area contributed by atoms with Crippen LogP contribution in [0, 0.1) is 6.92 Å². The third kappa shape index (κ3) is 3.79. The van der Waals surface area contributed by atoms with Gasteiger partial charge in [-0.25, -0.2) is 0 Å². The van der Waals surface area contributed by atoms with Crippen molar-refractivity contribution in [3.8, 4) is 0 Å². The van der Waals surface area contributed by atoms with Crippen LogP contribution in [0.15, 0.2) is 72.8 Å². The molecule has 0 bridgehead atoms. The van der Waals surface area contributed by atoms with Crippen molar-refractivity contribution >= 4 is 26.2 Å². The minimum Gasteiger partial charge on any atom is -0.289 e. The van der Waals surface area contributed by atoms with Crippen LogP contribution < -0.4 is 0 Å². The second-order valence-corrected chi connectivity index (χ2v) is 5.64. The molecule has 2 aromatic rings. The molecule has 0 amide bonds. The van der Waals surface area contributed by atoms with E-state index in [4.69, 9.17) is 0 Å². The standard InChI is InChI=1S/C19H17BrO/c1-3-7-17(18(20)15-8-5-4-6-9-15)19(21)16-12-10-14(2)11-13-16/h3-6,8-13H,1,7H2,2H3/b18-17+. The highest BCUT2D eigenvalue weighted by atomic mass is 79.9. The molecule has 106 valence electrons. The van der Waals surface area contributed by atoms with E-state index in [0.717, 1.165) is 21.2 Å². The zero-order chi connectivity index (χ0) is 15.2. The molecule has 0 saturated heterocycles. The molecule has 0 unspecified atom stereocenters. The Labute approximate surface area is 134 Å². The number of carbonyl (C=O) groups excluding carboxylic acids is 1. The topological polar surface area (TPSA) is 17.1 Å². The summed E-state index contributed by atoms with van der Waals surface area (Å²) in [6.07, 6.45) is 2.29. The van der Waals surface area contributed by atoms with Gasteiger partial charge in [-0.3, -0.25) is 4.79 Å². The lowest BCUT2D eigenvalue weighted by atomic mass is 9.98. The number of Topliss-reactive ketones (excluding diaryl/α,β-unsaturated/α-hetero) is 1. The molecule has 0 aliphatic rings. The number of carbonyl (C=O) groups is 1. The van der Waals surface area contributed by atoms with Crippen molar-refractivity contribution in [1.82, 2.24) is 0 Å². The van der Waals surface area contributed by atoms with E-state index in [0.29, 0.717) is 12.0 Å². The van der Waals surface area contributed by atoms with E-state index in [1.165, 1.54) is 0 Å². The predicted molar refractivity (Wildman–Crippen MR) is 92.6 cm³/mol. The molecular formula is C19H17BrO. The fourth-order valence-corrected chi connectivity index (χ4v) is 2.67. The number of hydrogen-bond donors (Lipinski definition) is 0. The van der Waals surface area contributed by atoms with Crippen LogP contribution in [0.2, 0.25) is 0 Å². The van der Waals surface area contributed by atoms with Crippen molar-refractivity contribution in [2.75, 3.05) is 0 Å². The van der Waals surface area contributed by atoms with Gasteiger partial charge in [0.2, 0.25) is 0 Å². The van der Waals surface area contributed by atoms with Gasteiger partial charge >= 0.3 is 0 Å². The number of allylic oxidation sites excluding steroid dienone is 2. The maximum absolute atomic E-state index is 12.7. The monoisotopic (exact) mass is 340 g/mol. The molecule has 2 aromatic carbocycles. The highest BCUT2D eigenvalue weighted by molar-refractivity contribution is 9.15. The first-order chi connectivity index (χ1) is 10.1. The summed E-state index contributed by atoms with van der Waals surface area (Å²) in [4.78, 5) is 12.7. The molecule has 0 heterocycles. The lowest BCUT2D eigenvalue weighted by Crippen LogP contribution is -2.04. The first kappa shape index (κ1) is 15.5. The third-order valence-electron chi connectivity index (χ3n) is 3.23. The number of rotatable bonds is 5. The summed E-state index contributed by atoms with van der Waals surface area (Å²) in [5.41, 5.74) is 3.56. The molecule has 0 fully saturated rings. The Hall–Kier alpha value is -1.93. The van der Waals surface area contributed by atoms with Gasteiger partial charge in [0.15, 0.2) is 5.78 Å². The van der Waals surface area contributed by atoms with Gasteiger partial charge in [-0.15, -0.1) is 6.58 Å². The molecule has 0 radical (unpaired) electrons. The highest BCUT2D eigenvalue weighted by Crippen LogP contribution is 2.29. The van der Waals surface area contributed by atoms with E-state index in [1.807, 2.05) is 61.5 Å². The van der Waals surface area contributed by atoms with Gasteiger partial charge in [0, 0.05) is 15.6 Å². The molecule has 21 heavy (non-hydrogen) atoms. The van der Waals surface area contributed by atoms with E-state index in [1.54, 1.807) is 6.08 Å². The Morgan fingerprint density at radius 2 is 1.67 bits per heavy atom. The average Bonchev–Trinajstić information content (AvgIpc) is 2.53. The van der Waals surface area contributed by atoms with Crippen LogP contribution in [0.25, 0.3) is 4.48 Å². The summed E-state index contributed by atoms with van der Waals surface area (Å²) in [5, 5.41) is 0. The fourth-order valence-electron chi connectivity index (χ4n) is 2.06. The van der Waals surface area contributed by atoms with Crippen LogP contribution in [0.3, 0.4) is 0 Å². The molecule has 0 aliphatic carbocycles. The summed E-state index contributed by atoms with van der Waals surface area (Å²) in [5.74, 6) is 0.0330. The number of hydrogen-bond acceptors (Lipinski definition) is 1. The van der Waals surface area contributed by atoms with Gasteiger partial charge in [0.25, 0.3) is 0 Å². The molecule has 1 nitrogen and oxygen atoms in total. The van der Waals surface area contributed by atoms with E-state index in [2.05, 4.69) is 22.5 Å². The normalized spacial score (nSPS) is 11.7. The van der Waals surface area contributed by atoms with Crippen molar-refractivity contribution in [1.29, 1.82) is 0 Å². The second-order valence-electron chi connectivity index (χ2n) is 4.85. The van der Waals surface area contributed by atoms with Crippen molar-refractivity contribution in [3.63, 3.8) is 0 Å². The van der Waals surface area contributed by atoms with Crippen LogP contribution >= 0.6 is 15.9 Å². The summed E-state index contributed by atoms with van der Waals surface area (Å²) in [6, 6.07) is 17.5. The smallest absolute Gasteiger partial charge is 0.190 e. The molecule has 0 atom stereocenters. The largest absolute Gasteiger partial charge is 0.289 e. The number of ketones is 1. The summed E-state index contributed by atoms with van der Waals surface area (Å²) >= 11 is 3.58. The SMILES string of the molecule is C=CC/C(C(=O)c1ccc(C)cc1)=C(\Br)c1ccccc1. The van der Waals surface area contributed by atoms with E-state index in [-0.39, 0.29) is 5.78 Å². The molecule has 2 heteroatoms. The fraction of sp³-hybridized carbons (Fsp3) is 0.105. The second kappa shape index (κ2) is 7.19. The average molecular weight is 341 g/mol. The van der Waals surface area contributed by atoms with Gasteiger partial charge in [-0.05, 0) is 34.8 Å². The zero-order valence-electron chi connectivity index (χ0n) is 12.0. The zero-order valence-corrected chi connectivity index (χ0v) is 13.6. The van der Waals surface area contributed by atoms with E-state index in [9.17, 15) is 4.79 Å². The Bertz CT molecular complexity index is 666. The van der Waals surface area contributed by atoms with Crippen molar-refractivity contribution in [2.24, 2.45) is 0 Å². The Balaban J connectivity index is 2.45. The lowest BCUT2D eigenvalue weighted by Gasteiger charge is -2.09. The van der Waals surface area contributed by atoms with E-state index >= 15 is 0 Å². The van der Waals surface area contributed by atoms with Crippen LogP contribution in [0.1, 0.15) is 27.9 Å². The van der Waals surface area contributed by atoms with Crippen LogP contribution in [-0.4, -0.2) is 5.78 Å². The molecule has 2 rings (SSSR count). The molecule has 0 saturated carbocycles. The van der Waals surface area contributed by atoms with Crippen LogP contribution in [0.5, 0.6) is 0 Å². The minimum atomic E-state index is 0.0330. The van der Waals surface area contributed by atoms with Gasteiger partial charge in [0.05, 0.1) is 0 Å². The number of halogens is 1. The Morgan fingerprint density at radius 3 is 2.24 bits per heavy atom. The molecular weight excluding hydrogens is 324 g/mol. The number of benzene rings is 2. The van der Waals surface area contributed by atoms with Gasteiger partial charge < -0.3 is 0 Å². The predicted octanol–water partition coefficient (Wildman–Crippen LogP) is 5.56. The third-order valence-corrected chi connectivity index (χ3v) is 4.16. The Morgan fingerprint density at radius 1 is 1.05 bits per heavy atom. The summed E-state index contributed by atoms with van der Waals surface area (Å²) < 4.78 is 0.827. The van der Waals surface area contributed by atoms with Gasteiger partial charge in [-0.1, -0.05) is 66.2 Å². The molecule has 0 N–H and O–H groups in total. The van der Waals surface area contributed by atoms with Gasteiger partial charge in [-0.2, -0.15) is 0 Å². The highest BCUT2D eigenvalue weighted by Gasteiger charge is 2.15. The summed E-state index contributed by atoms with van der Waals surface area (Å²) in [7, 11) is 0. The summed E-state index contributed by atoms with van der Waals surface area (Å²) in [6.45, 7) is 5.77. The van der Waals surface area contributed by atoms with Gasteiger partial charge in [0.1, 0.15) is 0 Å². The quantitative estimate of drug-likeness (QED) is 0.395. The Kier molecular flexibility index (Phi) is 5.29. The lowest BCUT2D eigenvalue weighted by molar-refractivity contribution is 0.103. The van der Waals surface area contributed by atoms with Crippen LogP contribution in [-0.2, 0) is 0 Å². The maximum atomic E-state index is 12.7. The minimum absolute atomic E-state index is 0.0330. The number of aryl methyl sites for hydroxylation is 1.